The van der Waals surface area contributed by atoms with Crippen LogP contribution < -0.4 is 4.74 Å². The summed E-state index contributed by atoms with van der Waals surface area (Å²) in [6, 6.07) is 17.2. The fraction of sp³-hybridized carbons (Fsp3) is 0.391. The molecule has 0 saturated heterocycles. The van der Waals surface area contributed by atoms with Gasteiger partial charge in [-0.05, 0) is 30.2 Å². The number of aromatic nitrogens is 1. The fourth-order valence-electron chi connectivity index (χ4n) is 3.53. The monoisotopic (exact) mass is 445 g/mol. The van der Waals surface area contributed by atoms with Gasteiger partial charge in [0.1, 0.15) is 5.75 Å². The zero-order chi connectivity index (χ0) is 19.6. The molecule has 2 nitrogen and oxygen atoms in total. The lowest BCUT2D eigenvalue weighted by Gasteiger charge is -2.22. The van der Waals surface area contributed by atoms with Crippen LogP contribution in [-0.4, -0.2) is 21.8 Å². The first-order chi connectivity index (χ1) is 12.8. The van der Waals surface area contributed by atoms with Gasteiger partial charge in [-0.1, -0.05) is 67.0 Å². The Bertz CT molecular complexity index is 912. The number of benzene rings is 2. The molecule has 1 heterocycles. The van der Waals surface area contributed by atoms with Crippen LogP contribution in [0, 0.1) is 0 Å². The Labute approximate surface area is 175 Å². The van der Waals surface area contributed by atoms with Gasteiger partial charge in [0.25, 0.3) is 0 Å². The van der Waals surface area contributed by atoms with Gasteiger partial charge in [0.05, 0.1) is 7.11 Å². The fourth-order valence-corrected chi connectivity index (χ4v) is 5.36. The van der Waals surface area contributed by atoms with Crippen molar-refractivity contribution in [1.82, 2.24) is 4.57 Å². The maximum atomic E-state index is 5.51. The van der Waals surface area contributed by atoms with Gasteiger partial charge in [0, 0.05) is 44.5 Å². The summed E-state index contributed by atoms with van der Waals surface area (Å²) in [6.45, 7) is 6.84. The molecule has 2 aromatic carbocycles. The van der Waals surface area contributed by atoms with Crippen molar-refractivity contribution in [2.75, 3.05) is 12.4 Å². The zero-order valence-corrected chi connectivity index (χ0v) is 19.2. The highest BCUT2D eigenvalue weighted by Crippen LogP contribution is 2.45. The number of ether oxygens (including phenoxy) is 1. The summed E-state index contributed by atoms with van der Waals surface area (Å²) >= 11 is 5.75. The molecule has 0 N–H and O–H groups in total. The van der Waals surface area contributed by atoms with E-state index in [1.54, 1.807) is 7.11 Å². The van der Waals surface area contributed by atoms with Crippen molar-refractivity contribution < 1.29 is 4.74 Å². The molecule has 0 spiro atoms. The molecule has 0 aliphatic heterocycles. The second-order valence-electron chi connectivity index (χ2n) is 7.91. The van der Waals surface area contributed by atoms with Crippen molar-refractivity contribution in [3.05, 3.63) is 59.8 Å². The van der Waals surface area contributed by atoms with Crippen LogP contribution in [0.4, 0.5) is 0 Å². The normalized spacial score (nSPS) is 13.1. The number of alkyl halides is 1. The molecular weight excluding hydrogens is 418 g/mol. The highest BCUT2D eigenvalue weighted by molar-refractivity contribution is 9.09. The summed E-state index contributed by atoms with van der Waals surface area (Å²) in [5.74, 6) is 1.31. The average Bonchev–Trinajstić information content (AvgIpc) is 2.90. The third-order valence-electron chi connectivity index (χ3n) is 4.71. The summed E-state index contributed by atoms with van der Waals surface area (Å²) in [4.78, 5) is 1.37. The Kier molecular flexibility index (Phi) is 6.27. The maximum absolute atomic E-state index is 5.51. The van der Waals surface area contributed by atoms with Crippen LogP contribution in [0.25, 0.3) is 10.9 Å². The third kappa shape index (κ3) is 4.55. The molecule has 1 atom stereocenters. The van der Waals surface area contributed by atoms with Crippen LogP contribution in [0.1, 0.15) is 37.9 Å². The van der Waals surface area contributed by atoms with Crippen LogP contribution in [0.2, 0.25) is 0 Å². The van der Waals surface area contributed by atoms with Crippen LogP contribution in [0.5, 0.6) is 5.75 Å². The average molecular weight is 446 g/mol. The topological polar surface area (TPSA) is 14.2 Å². The number of hydrogen-bond acceptors (Lipinski definition) is 2. The number of fused-ring (bicyclic) bond motifs is 1. The van der Waals surface area contributed by atoms with E-state index in [1.807, 2.05) is 11.8 Å². The minimum absolute atomic E-state index is 0.135. The third-order valence-corrected chi connectivity index (χ3v) is 6.74. The Balaban J connectivity index is 2.16. The predicted octanol–water partition coefficient (Wildman–Crippen LogP) is 6.80. The van der Waals surface area contributed by atoms with Crippen molar-refractivity contribution in [1.29, 1.82) is 0 Å². The van der Waals surface area contributed by atoms with E-state index in [4.69, 9.17) is 4.74 Å². The molecule has 1 aromatic heterocycles. The molecule has 27 heavy (non-hydrogen) atoms. The molecule has 1 unspecified atom stereocenters. The smallest absolute Gasteiger partial charge is 0.119 e. The lowest BCUT2D eigenvalue weighted by molar-refractivity contribution is 0.415. The Morgan fingerprint density at radius 1 is 1.11 bits per heavy atom. The van der Waals surface area contributed by atoms with Crippen LogP contribution in [-0.2, 0) is 13.5 Å². The first-order valence-corrected chi connectivity index (χ1v) is 11.2. The lowest BCUT2D eigenvalue weighted by Crippen LogP contribution is -2.13. The van der Waals surface area contributed by atoms with Gasteiger partial charge < -0.3 is 9.30 Å². The molecule has 0 fully saturated rings. The van der Waals surface area contributed by atoms with Gasteiger partial charge in [-0.15, -0.1) is 11.8 Å². The van der Waals surface area contributed by atoms with Crippen LogP contribution >= 0.6 is 27.7 Å². The van der Waals surface area contributed by atoms with Crippen LogP contribution in [0.3, 0.4) is 0 Å². The molecule has 0 radical (unpaired) electrons. The van der Waals surface area contributed by atoms with Crippen molar-refractivity contribution >= 4 is 38.6 Å². The number of halogens is 1. The largest absolute Gasteiger partial charge is 0.497 e. The predicted molar refractivity (Wildman–Crippen MR) is 122 cm³/mol. The molecule has 3 rings (SSSR count). The van der Waals surface area contributed by atoms with E-state index < -0.39 is 0 Å². The molecule has 144 valence electrons. The molecule has 4 heteroatoms. The van der Waals surface area contributed by atoms with E-state index >= 15 is 0 Å². The first-order valence-electron chi connectivity index (χ1n) is 9.29. The molecule has 0 amide bonds. The van der Waals surface area contributed by atoms with Crippen LogP contribution in [0.15, 0.2) is 53.4 Å². The van der Waals surface area contributed by atoms with Gasteiger partial charge in [-0.3, -0.25) is 0 Å². The summed E-state index contributed by atoms with van der Waals surface area (Å²) in [6.07, 6.45) is 1.02. The van der Waals surface area contributed by atoms with Gasteiger partial charge in [0.15, 0.2) is 0 Å². The Morgan fingerprint density at radius 2 is 1.81 bits per heavy atom. The molecule has 0 bridgehead atoms. The summed E-state index contributed by atoms with van der Waals surface area (Å²) in [5, 5.41) is 2.21. The van der Waals surface area contributed by atoms with E-state index in [0.717, 1.165) is 17.5 Å². The molecule has 0 aliphatic rings. The zero-order valence-electron chi connectivity index (χ0n) is 16.8. The summed E-state index contributed by atoms with van der Waals surface area (Å²) < 4.78 is 8.02. The van der Waals surface area contributed by atoms with Gasteiger partial charge in [0.2, 0.25) is 0 Å². The van der Waals surface area contributed by atoms with E-state index in [2.05, 4.69) is 96.8 Å². The molecular formula is C23H28BrNOS. The summed E-state index contributed by atoms with van der Waals surface area (Å²) in [7, 11) is 3.93. The van der Waals surface area contributed by atoms with E-state index in [9.17, 15) is 0 Å². The molecule has 3 aromatic rings. The van der Waals surface area contributed by atoms with Gasteiger partial charge in [-0.2, -0.15) is 0 Å². The lowest BCUT2D eigenvalue weighted by atomic mass is 9.98. The number of aryl methyl sites for hydroxylation is 1. The standard InChI is InChI=1S/C23H28BrNOS/c1-23(2,3)27-22-19-14-18(26-5)11-12-20(19)25(4)21(22)17(15-24)13-16-9-7-6-8-10-16/h6-12,14,17H,13,15H2,1-5H3. The molecule has 0 aliphatic carbocycles. The van der Waals surface area contributed by atoms with Gasteiger partial charge in [-0.25, -0.2) is 0 Å². The number of nitrogens with zero attached hydrogens (tertiary/aromatic N) is 1. The van der Waals surface area contributed by atoms with Crippen molar-refractivity contribution in [3.63, 3.8) is 0 Å². The SMILES string of the molecule is COc1ccc2c(c1)c(SC(C)(C)C)c(C(CBr)Cc1ccccc1)n2C. The van der Waals surface area contributed by atoms with Crippen molar-refractivity contribution in [2.45, 2.75) is 42.8 Å². The highest BCUT2D eigenvalue weighted by Gasteiger charge is 2.26. The highest BCUT2D eigenvalue weighted by atomic mass is 79.9. The minimum Gasteiger partial charge on any atom is -0.497 e. The Morgan fingerprint density at radius 3 is 2.41 bits per heavy atom. The van der Waals surface area contributed by atoms with Crippen molar-refractivity contribution in [2.24, 2.45) is 7.05 Å². The van der Waals surface area contributed by atoms with Crippen molar-refractivity contribution in [3.8, 4) is 5.75 Å². The number of methoxy groups -OCH3 is 1. The summed E-state index contributed by atoms with van der Waals surface area (Å²) in [5.41, 5.74) is 4.03. The second kappa shape index (κ2) is 8.32. The molecule has 0 saturated carbocycles. The van der Waals surface area contributed by atoms with E-state index in [-0.39, 0.29) is 4.75 Å². The Hall–Kier alpha value is -1.39. The van der Waals surface area contributed by atoms with Gasteiger partial charge >= 0.3 is 0 Å². The van der Waals surface area contributed by atoms with E-state index in [1.165, 1.54) is 27.1 Å². The second-order valence-corrected chi connectivity index (χ2v) is 10.4. The minimum atomic E-state index is 0.135. The maximum Gasteiger partial charge on any atom is 0.119 e. The number of hydrogen-bond donors (Lipinski definition) is 0. The number of thioether (sulfide) groups is 1. The quantitative estimate of drug-likeness (QED) is 0.305. The first kappa shape index (κ1) is 20.3. The number of rotatable bonds is 6. The van der Waals surface area contributed by atoms with E-state index in [0.29, 0.717) is 5.92 Å².